The lowest BCUT2D eigenvalue weighted by Gasteiger charge is -2.19. The van der Waals surface area contributed by atoms with Gasteiger partial charge in [0.25, 0.3) is 0 Å². The van der Waals surface area contributed by atoms with Crippen molar-refractivity contribution in [3.05, 3.63) is 35.9 Å². The fraction of sp³-hybridized carbons (Fsp3) is 0.400. The molecule has 1 atom stereocenters. The highest BCUT2D eigenvalue weighted by Gasteiger charge is 2.51. The second-order valence-corrected chi connectivity index (χ2v) is 5.32. The molecule has 0 bridgehead atoms. The topological polar surface area (TPSA) is 109 Å². The van der Waals surface area contributed by atoms with Crippen molar-refractivity contribution >= 4 is 17.8 Å². The molecule has 4 N–H and O–H groups in total. The Bertz CT molecular complexity index is 552. The fourth-order valence-electron chi connectivity index (χ4n) is 2.37. The minimum Gasteiger partial charge on any atom is -0.480 e. The molecule has 0 aliphatic heterocycles. The van der Waals surface area contributed by atoms with Gasteiger partial charge in [-0.25, -0.2) is 4.79 Å². The molecule has 2 rings (SSSR count). The van der Waals surface area contributed by atoms with E-state index in [9.17, 15) is 14.4 Å². The lowest BCUT2D eigenvalue weighted by molar-refractivity contribution is -0.142. The number of carboxylic acid groups (broad SMARTS) is 1. The van der Waals surface area contributed by atoms with Gasteiger partial charge in [-0.3, -0.25) is 9.59 Å². The zero-order chi connectivity index (χ0) is 15.5. The standard InChI is InChI=1S/C15H18N2O4/c16-12(18)7-6-11(13(19)20)17-14(21)15(8-9-15)10-4-2-1-3-5-10/h1-5,11H,6-9H2,(H2,16,18)(H,17,21)(H,19,20). The van der Waals surface area contributed by atoms with Crippen molar-refractivity contribution < 1.29 is 19.5 Å². The summed E-state index contributed by atoms with van der Waals surface area (Å²) in [5.74, 6) is -2.04. The van der Waals surface area contributed by atoms with Crippen LogP contribution in [0.1, 0.15) is 31.2 Å². The number of amides is 2. The first-order valence-electron chi connectivity index (χ1n) is 6.83. The number of nitrogens with two attached hydrogens (primary N) is 1. The van der Waals surface area contributed by atoms with Crippen LogP contribution in [0.25, 0.3) is 0 Å². The Balaban J connectivity index is 2.05. The van der Waals surface area contributed by atoms with Crippen LogP contribution in [0.15, 0.2) is 30.3 Å². The second-order valence-electron chi connectivity index (χ2n) is 5.32. The number of carboxylic acids is 1. The van der Waals surface area contributed by atoms with Crippen LogP contribution in [0.2, 0.25) is 0 Å². The highest BCUT2D eigenvalue weighted by atomic mass is 16.4. The molecule has 21 heavy (non-hydrogen) atoms. The third kappa shape index (κ3) is 3.39. The average Bonchev–Trinajstić information content (AvgIpc) is 3.25. The summed E-state index contributed by atoms with van der Waals surface area (Å²) >= 11 is 0. The van der Waals surface area contributed by atoms with E-state index in [-0.39, 0.29) is 18.7 Å². The first-order chi connectivity index (χ1) is 9.95. The highest BCUT2D eigenvalue weighted by Crippen LogP contribution is 2.48. The molecule has 6 nitrogen and oxygen atoms in total. The Hall–Kier alpha value is -2.37. The molecule has 1 aromatic rings. The predicted octanol–water partition coefficient (Wildman–Crippen LogP) is 0.553. The van der Waals surface area contributed by atoms with Gasteiger partial charge in [-0.2, -0.15) is 0 Å². The smallest absolute Gasteiger partial charge is 0.326 e. The number of hydrogen-bond donors (Lipinski definition) is 3. The number of carbonyl (C=O) groups excluding carboxylic acids is 2. The Morgan fingerprint density at radius 2 is 1.86 bits per heavy atom. The van der Waals surface area contributed by atoms with Crippen molar-refractivity contribution in [2.24, 2.45) is 5.73 Å². The summed E-state index contributed by atoms with van der Waals surface area (Å²) in [6, 6.07) is 8.21. The van der Waals surface area contributed by atoms with E-state index in [1.54, 1.807) is 0 Å². The number of carbonyl (C=O) groups is 3. The number of rotatable bonds is 7. The van der Waals surface area contributed by atoms with Crippen LogP contribution in [-0.2, 0) is 19.8 Å². The first-order valence-corrected chi connectivity index (χ1v) is 6.83. The van der Waals surface area contributed by atoms with Gasteiger partial charge in [0.2, 0.25) is 11.8 Å². The molecule has 2 amide bonds. The van der Waals surface area contributed by atoms with Crippen LogP contribution < -0.4 is 11.1 Å². The number of primary amides is 1. The zero-order valence-corrected chi connectivity index (χ0v) is 11.5. The lowest BCUT2D eigenvalue weighted by Crippen LogP contribution is -2.46. The van der Waals surface area contributed by atoms with Gasteiger partial charge in [0.05, 0.1) is 5.41 Å². The third-order valence-corrected chi connectivity index (χ3v) is 3.79. The van der Waals surface area contributed by atoms with E-state index < -0.39 is 23.3 Å². The Labute approximate surface area is 122 Å². The van der Waals surface area contributed by atoms with Gasteiger partial charge in [-0.15, -0.1) is 0 Å². The van der Waals surface area contributed by atoms with Crippen molar-refractivity contribution in [1.82, 2.24) is 5.32 Å². The van der Waals surface area contributed by atoms with Crippen molar-refractivity contribution in [3.63, 3.8) is 0 Å². The summed E-state index contributed by atoms with van der Waals surface area (Å²) < 4.78 is 0. The van der Waals surface area contributed by atoms with E-state index >= 15 is 0 Å². The molecule has 1 aliphatic rings. The van der Waals surface area contributed by atoms with Crippen molar-refractivity contribution in [3.8, 4) is 0 Å². The average molecular weight is 290 g/mol. The Morgan fingerprint density at radius 3 is 2.33 bits per heavy atom. The van der Waals surface area contributed by atoms with E-state index in [2.05, 4.69) is 5.32 Å². The van der Waals surface area contributed by atoms with E-state index in [0.717, 1.165) is 5.56 Å². The molecule has 1 fully saturated rings. The maximum Gasteiger partial charge on any atom is 0.326 e. The van der Waals surface area contributed by atoms with E-state index in [4.69, 9.17) is 10.8 Å². The number of benzene rings is 1. The molecule has 112 valence electrons. The normalized spacial score (nSPS) is 16.8. The van der Waals surface area contributed by atoms with E-state index in [0.29, 0.717) is 12.8 Å². The molecule has 1 unspecified atom stereocenters. The van der Waals surface area contributed by atoms with Crippen molar-refractivity contribution in [2.45, 2.75) is 37.1 Å². The minimum absolute atomic E-state index is 0.00127. The molecule has 1 aromatic carbocycles. The first kappa shape index (κ1) is 15.0. The van der Waals surface area contributed by atoms with Crippen molar-refractivity contribution in [1.29, 1.82) is 0 Å². The largest absolute Gasteiger partial charge is 0.480 e. The molecule has 1 saturated carbocycles. The predicted molar refractivity (Wildman–Crippen MR) is 75.3 cm³/mol. The van der Waals surface area contributed by atoms with Gasteiger partial charge in [-0.1, -0.05) is 30.3 Å². The summed E-state index contributed by atoms with van der Waals surface area (Å²) in [7, 11) is 0. The van der Waals surface area contributed by atoms with Crippen LogP contribution in [-0.4, -0.2) is 28.9 Å². The zero-order valence-electron chi connectivity index (χ0n) is 11.5. The van der Waals surface area contributed by atoms with Crippen LogP contribution in [0.3, 0.4) is 0 Å². The van der Waals surface area contributed by atoms with Crippen LogP contribution >= 0.6 is 0 Å². The molecule has 0 saturated heterocycles. The number of nitrogens with one attached hydrogen (secondary N) is 1. The van der Waals surface area contributed by atoms with Gasteiger partial charge in [0.1, 0.15) is 6.04 Å². The highest BCUT2D eigenvalue weighted by molar-refractivity contribution is 5.94. The minimum atomic E-state index is -1.16. The van der Waals surface area contributed by atoms with E-state index in [1.807, 2.05) is 30.3 Å². The molecular weight excluding hydrogens is 272 g/mol. The van der Waals surface area contributed by atoms with Crippen molar-refractivity contribution in [2.75, 3.05) is 0 Å². The maximum atomic E-state index is 12.4. The lowest BCUT2D eigenvalue weighted by atomic mass is 9.94. The van der Waals surface area contributed by atoms with Gasteiger partial charge in [0, 0.05) is 6.42 Å². The fourth-order valence-corrected chi connectivity index (χ4v) is 2.37. The van der Waals surface area contributed by atoms with Crippen LogP contribution in [0.4, 0.5) is 0 Å². The molecule has 1 aliphatic carbocycles. The molecule has 0 spiro atoms. The van der Waals surface area contributed by atoms with Gasteiger partial charge >= 0.3 is 5.97 Å². The molecule has 0 aromatic heterocycles. The summed E-state index contributed by atoms with van der Waals surface area (Å²) in [6.07, 6.45) is 1.33. The third-order valence-electron chi connectivity index (χ3n) is 3.79. The molecular formula is C15H18N2O4. The quantitative estimate of drug-likeness (QED) is 0.681. The SMILES string of the molecule is NC(=O)CCC(NC(=O)C1(c2ccccc2)CC1)C(=O)O. The monoisotopic (exact) mass is 290 g/mol. The van der Waals surface area contributed by atoms with Crippen LogP contribution in [0.5, 0.6) is 0 Å². The van der Waals surface area contributed by atoms with E-state index in [1.165, 1.54) is 0 Å². The Morgan fingerprint density at radius 1 is 1.24 bits per heavy atom. The van der Waals surface area contributed by atoms with Gasteiger partial charge < -0.3 is 16.2 Å². The number of hydrogen-bond acceptors (Lipinski definition) is 3. The molecule has 6 heteroatoms. The van der Waals surface area contributed by atoms with Gasteiger partial charge in [0.15, 0.2) is 0 Å². The summed E-state index contributed by atoms with van der Waals surface area (Å²) in [4.78, 5) is 34.3. The summed E-state index contributed by atoms with van der Waals surface area (Å²) in [5, 5.41) is 11.7. The van der Waals surface area contributed by atoms with Gasteiger partial charge in [-0.05, 0) is 24.8 Å². The maximum absolute atomic E-state index is 12.4. The van der Waals surface area contributed by atoms with Crippen LogP contribution in [0, 0.1) is 0 Å². The molecule has 0 heterocycles. The molecule has 0 radical (unpaired) electrons. The second kappa shape index (κ2) is 5.95. The number of aliphatic carboxylic acids is 1. The summed E-state index contributed by atoms with van der Waals surface area (Å²) in [6.45, 7) is 0. The summed E-state index contributed by atoms with van der Waals surface area (Å²) in [5.41, 5.74) is 5.28. The Kier molecular flexibility index (Phi) is 4.26.